The molecule has 3 rings (SSSR count). The van der Waals surface area contributed by atoms with Crippen molar-refractivity contribution in [2.24, 2.45) is 5.92 Å². The average Bonchev–Trinajstić information content (AvgIpc) is 2.80. The molecule has 2 aliphatic rings. The van der Waals surface area contributed by atoms with Crippen LogP contribution in [-0.2, 0) is 16.0 Å². The molecular formula is C19H27N3O3. The van der Waals surface area contributed by atoms with Gasteiger partial charge in [-0.1, -0.05) is 31.2 Å². The molecule has 25 heavy (non-hydrogen) atoms. The number of carbonyl (C=O) groups excluding carboxylic acids is 2. The molecule has 3 unspecified atom stereocenters. The summed E-state index contributed by atoms with van der Waals surface area (Å²) in [4.78, 5) is 26.3. The van der Waals surface area contributed by atoms with Crippen LogP contribution in [0.25, 0.3) is 0 Å². The number of aryl methyl sites for hydroxylation is 1. The van der Waals surface area contributed by atoms with Gasteiger partial charge in [0.25, 0.3) is 5.91 Å². The highest BCUT2D eigenvalue weighted by Crippen LogP contribution is 2.33. The number of nitrogens with one attached hydrogen (secondary N) is 2. The second-order valence-corrected chi connectivity index (χ2v) is 6.92. The lowest BCUT2D eigenvalue weighted by atomic mass is 9.92. The summed E-state index contributed by atoms with van der Waals surface area (Å²) in [6.45, 7) is 3.36. The van der Waals surface area contributed by atoms with Crippen LogP contribution >= 0.6 is 0 Å². The van der Waals surface area contributed by atoms with E-state index in [4.69, 9.17) is 4.74 Å². The van der Waals surface area contributed by atoms with Crippen LogP contribution in [0.4, 0.5) is 4.79 Å². The third-order valence-electron chi connectivity index (χ3n) is 5.24. The molecule has 0 radical (unpaired) electrons. The predicted octanol–water partition coefficient (Wildman–Crippen LogP) is 1.86. The molecule has 1 aromatic rings. The molecule has 2 N–H and O–H groups in total. The third-order valence-corrected chi connectivity index (χ3v) is 5.24. The minimum atomic E-state index is -0.594. The second-order valence-electron chi connectivity index (χ2n) is 6.92. The molecule has 1 fully saturated rings. The topological polar surface area (TPSA) is 70.7 Å². The molecule has 3 atom stereocenters. The number of amides is 3. The highest BCUT2D eigenvalue weighted by atomic mass is 16.5. The first-order chi connectivity index (χ1) is 12.1. The molecule has 0 aromatic heterocycles. The van der Waals surface area contributed by atoms with E-state index in [2.05, 4.69) is 35.8 Å². The van der Waals surface area contributed by atoms with Crippen molar-refractivity contribution in [2.45, 2.75) is 38.3 Å². The van der Waals surface area contributed by atoms with Crippen molar-refractivity contribution in [3.63, 3.8) is 0 Å². The van der Waals surface area contributed by atoms with E-state index in [0.717, 1.165) is 19.3 Å². The summed E-state index contributed by atoms with van der Waals surface area (Å²) in [7, 11) is 1.58. The first-order valence-corrected chi connectivity index (χ1v) is 9.06. The van der Waals surface area contributed by atoms with Crippen molar-refractivity contribution in [2.75, 3.05) is 26.7 Å². The Kier molecular flexibility index (Phi) is 5.58. The van der Waals surface area contributed by atoms with Crippen LogP contribution in [0.15, 0.2) is 24.3 Å². The van der Waals surface area contributed by atoms with E-state index in [-0.39, 0.29) is 24.5 Å². The fraction of sp³-hybridized carbons (Fsp3) is 0.579. The van der Waals surface area contributed by atoms with Gasteiger partial charge in [0, 0.05) is 13.6 Å². The van der Waals surface area contributed by atoms with Crippen molar-refractivity contribution in [3.05, 3.63) is 35.4 Å². The smallest absolute Gasteiger partial charge is 0.318 e. The van der Waals surface area contributed by atoms with E-state index in [1.807, 2.05) is 6.07 Å². The van der Waals surface area contributed by atoms with Gasteiger partial charge < -0.3 is 20.3 Å². The van der Waals surface area contributed by atoms with Crippen LogP contribution in [0.5, 0.6) is 0 Å². The Hall–Kier alpha value is -2.08. The van der Waals surface area contributed by atoms with Crippen molar-refractivity contribution in [3.8, 4) is 0 Å². The maximum absolute atomic E-state index is 12.8. The molecule has 6 nitrogen and oxygen atoms in total. The summed E-state index contributed by atoms with van der Waals surface area (Å²) >= 11 is 0. The fourth-order valence-corrected chi connectivity index (χ4v) is 3.75. The molecule has 1 aromatic carbocycles. The Labute approximate surface area is 148 Å². The Morgan fingerprint density at radius 2 is 2.08 bits per heavy atom. The summed E-state index contributed by atoms with van der Waals surface area (Å²) in [6, 6.07) is 8.26. The molecule has 6 heteroatoms. The number of nitrogens with zero attached hydrogens (tertiary/aromatic N) is 1. The van der Waals surface area contributed by atoms with E-state index in [9.17, 15) is 9.59 Å². The van der Waals surface area contributed by atoms with Crippen molar-refractivity contribution in [1.82, 2.24) is 15.5 Å². The summed E-state index contributed by atoms with van der Waals surface area (Å²) in [5.41, 5.74) is 2.54. The van der Waals surface area contributed by atoms with Gasteiger partial charge in [0.15, 0.2) is 6.10 Å². The number of ether oxygens (including phenoxy) is 1. The van der Waals surface area contributed by atoms with E-state index < -0.39 is 6.10 Å². The molecule has 1 saturated heterocycles. The number of fused-ring (bicyclic) bond motifs is 1. The molecule has 3 amide bonds. The van der Waals surface area contributed by atoms with Gasteiger partial charge in [-0.3, -0.25) is 4.79 Å². The fourth-order valence-electron chi connectivity index (χ4n) is 3.75. The van der Waals surface area contributed by atoms with Crippen molar-refractivity contribution >= 4 is 11.9 Å². The number of carbonyl (C=O) groups is 2. The van der Waals surface area contributed by atoms with Crippen LogP contribution < -0.4 is 10.6 Å². The zero-order valence-corrected chi connectivity index (χ0v) is 15.0. The van der Waals surface area contributed by atoms with Crippen LogP contribution in [0.3, 0.4) is 0 Å². The van der Waals surface area contributed by atoms with Crippen LogP contribution in [0.1, 0.15) is 36.9 Å². The normalized spacial score (nSPS) is 26.3. The summed E-state index contributed by atoms with van der Waals surface area (Å²) < 4.78 is 5.46. The largest absolute Gasteiger partial charge is 0.365 e. The number of urea groups is 1. The minimum absolute atomic E-state index is 0.00694. The van der Waals surface area contributed by atoms with E-state index in [0.29, 0.717) is 19.1 Å². The van der Waals surface area contributed by atoms with Crippen molar-refractivity contribution in [1.29, 1.82) is 0 Å². The Bertz CT molecular complexity index is 634. The zero-order chi connectivity index (χ0) is 17.8. The number of rotatable bonds is 2. The first-order valence-electron chi connectivity index (χ1n) is 9.06. The van der Waals surface area contributed by atoms with Gasteiger partial charge in [-0.15, -0.1) is 0 Å². The van der Waals surface area contributed by atoms with Gasteiger partial charge in [0.1, 0.15) is 0 Å². The molecule has 1 heterocycles. The second kappa shape index (κ2) is 7.87. The van der Waals surface area contributed by atoms with Gasteiger partial charge >= 0.3 is 6.03 Å². The van der Waals surface area contributed by atoms with E-state index in [1.165, 1.54) is 11.1 Å². The first kappa shape index (κ1) is 17.7. The Morgan fingerprint density at radius 1 is 1.28 bits per heavy atom. The number of hydrogen-bond acceptors (Lipinski definition) is 3. The van der Waals surface area contributed by atoms with Gasteiger partial charge in [-0.2, -0.15) is 0 Å². The zero-order valence-electron chi connectivity index (χ0n) is 15.0. The lowest BCUT2D eigenvalue weighted by Gasteiger charge is -2.34. The molecule has 136 valence electrons. The Morgan fingerprint density at radius 3 is 2.88 bits per heavy atom. The maximum atomic E-state index is 12.8. The average molecular weight is 345 g/mol. The quantitative estimate of drug-likeness (QED) is 0.804. The SMILES string of the molecule is CNC(=O)C1CN(C(=O)NC2c3ccccc3CCCC2C)CCO1. The minimum Gasteiger partial charge on any atom is -0.365 e. The number of morpholine rings is 1. The molecule has 1 aliphatic heterocycles. The highest BCUT2D eigenvalue weighted by molar-refractivity contribution is 5.82. The van der Waals surface area contributed by atoms with E-state index >= 15 is 0 Å². The van der Waals surface area contributed by atoms with Crippen LogP contribution in [-0.4, -0.2) is 49.7 Å². The molecule has 0 spiro atoms. The van der Waals surface area contributed by atoms with Gasteiger partial charge in [-0.25, -0.2) is 4.79 Å². The van der Waals surface area contributed by atoms with Gasteiger partial charge in [0.05, 0.1) is 19.2 Å². The summed E-state index contributed by atoms with van der Waals surface area (Å²) in [5.74, 6) is 0.189. The predicted molar refractivity (Wildman–Crippen MR) is 95.2 cm³/mol. The standard InChI is InChI=1S/C19H27N3O3/c1-13-6-5-8-14-7-3-4-9-15(14)17(13)21-19(24)22-10-11-25-16(12-22)18(23)20-2/h3-4,7,9,13,16-17H,5-6,8,10-12H2,1-2H3,(H,20,23)(H,21,24). The van der Waals surface area contributed by atoms with Gasteiger partial charge in [0.2, 0.25) is 0 Å². The highest BCUT2D eigenvalue weighted by Gasteiger charge is 2.32. The van der Waals surface area contributed by atoms with Crippen molar-refractivity contribution < 1.29 is 14.3 Å². The van der Waals surface area contributed by atoms with Crippen LogP contribution in [0, 0.1) is 5.92 Å². The monoisotopic (exact) mass is 345 g/mol. The third kappa shape index (κ3) is 3.95. The summed E-state index contributed by atoms with van der Waals surface area (Å²) in [5, 5.41) is 5.79. The Balaban J connectivity index is 1.72. The van der Waals surface area contributed by atoms with Gasteiger partial charge in [-0.05, 0) is 36.3 Å². The lowest BCUT2D eigenvalue weighted by molar-refractivity contribution is -0.136. The van der Waals surface area contributed by atoms with Crippen LogP contribution in [0.2, 0.25) is 0 Å². The van der Waals surface area contributed by atoms with E-state index in [1.54, 1.807) is 11.9 Å². The molecular weight excluding hydrogens is 318 g/mol. The molecule has 0 saturated carbocycles. The number of likely N-dealkylation sites (N-methyl/N-ethyl adjacent to an activating group) is 1. The molecule has 0 bridgehead atoms. The number of benzene rings is 1. The molecule has 1 aliphatic carbocycles. The number of hydrogen-bond donors (Lipinski definition) is 2. The maximum Gasteiger partial charge on any atom is 0.318 e. The lowest BCUT2D eigenvalue weighted by Crippen LogP contribution is -2.54. The summed E-state index contributed by atoms with van der Waals surface area (Å²) in [6.07, 6.45) is 2.69.